The first kappa shape index (κ1) is 11.2. The zero-order chi connectivity index (χ0) is 11.5. The maximum absolute atomic E-state index is 13.4. The van der Waals surface area contributed by atoms with Gasteiger partial charge < -0.3 is 0 Å². The zero-order valence-electron chi connectivity index (χ0n) is 8.20. The molecule has 0 saturated carbocycles. The van der Waals surface area contributed by atoms with E-state index in [0.717, 1.165) is 10.0 Å². The van der Waals surface area contributed by atoms with Crippen molar-refractivity contribution >= 4 is 15.9 Å². The summed E-state index contributed by atoms with van der Waals surface area (Å²) < 4.78 is 27.9. The van der Waals surface area contributed by atoms with Crippen LogP contribution in [0.1, 0.15) is 5.69 Å². The predicted molar refractivity (Wildman–Crippen MR) is 58.8 cm³/mol. The van der Waals surface area contributed by atoms with E-state index < -0.39 is 11.6 Å². The Morgan fingerprint density at radius 2 is 1.94 bits per heavy atom. The Balaban J connectivity index is 2.42. The number of benzene rings is 1. The van der Waals surface area contributed by atoms with Crippen molar-refractivity contribution in [2.24, 2.45) is 0 Å². The summed E-state index contributed by atoms with van der Waals surface area (Å²) >= 11 is 3.26. The smallest absolute Gasteiger partial charge is 0.151 e. The van der Waals surface area contributed by atoms with Crippen LogP contribution in [0.5, 0.6) is 0 Å². The van der Waals surface area contributed by atoms with Gasteiger partial charge >= 0.3 is 0 Å². The van der Waals surface area contributed by atoms with Crippen molar-refractivity contribution in [3.05, 3.63) is 41.7 Å². The summed E-state index contributed by atoms with van der Waals surface area (Å²) in [6.45, 7) is 0. The highest BCUT2D eigenvalue weighted by Crippen LogP contribution is 2.16. The first-order valence-electron chi connectivity index (χ1n) is 4.64. The van der Waals surface area contributed by atoms with E-state index in [9.17, 15) is 8.78 Å². The monoisotopic (exact) mass is 287 g/mol. The number of alkyl halides is 1. The van der Waals surface area contributed by atoms with Crippen LogP contribution in [0, 0.1) is 11.6 Å². The van der Waals surface area contributed by atoms with Gasteiger partial charge in [-0.2, -0.15) is 0 Å². The molecule has 84 valence electrons. The molecular formula is C10H8BrF2N3. The number of hydrogen-bond acceptors (Lipinski definition) is 2. The lowest BCUT2D eigenvalue weighted by atomic mass is 10.3. The molecule has 16 heavy (non-hydrogen) atoms. The van der Waals surface area contributed by atoms with E-state index in [4.69, 9.17) is 0 Å². The molecule has 1 heterocycles. The Morgan fingerprint density at radius 3 is 2.56 bits per heavy atom. The quantitative estimate of drug-likeness (QED) is 0.812. The lowest BCUT2D eigenvalue weighted by Gasteiger charge is -2.02. The molecule has 3 nitrogen and oxygen atoms in total. The number of halogens is 3. The van der Waals surface area contributed by atoms with E-state index in [-0.39, 0.29) is 5.69 Å². The largest absolute Gasteiger partial charge is 0.214 e. The van der Waals surface area contributed by atoms with Gasteiger partial charge in [0.2, 0.25) is 0 Å². The molecular weight excluding hydrogens is 280 g/mol. The molecule has 0 saturated heterocycles. The van der Waals surface area contributed by atoms with Gasteiger partial charge in [0.15, 0.2) is 11.6 Å². The van der Waals surface area contributed by atoms with Crippen LogP contribution in [0.25, 0.3) is 5.69 Å². The van der Waals surface area contributed by atoms with Gasteiger partial charge in [-0.05, 0) is 12.1 Å². The topological polar surface area (TPSA) is 30.7 Å². The summed E-state index contributed by atoms with van der Waals surface area (Å²) in [6, 6.07) is 3.68. The molecule has 1 aromatic heterocycles. The van der Waals surface area contributed by atoms with Gasteiger partial charge in [-0.15, -0.1) is 5.10 Å². The molecule has 0 atom stereocenters. The number of hydrogen-bond donors (Lipinski definition) is 0. The van der Waals surface area contributed by atoms with Crippen molar-refractivity contribution in [3.8, 4) is 5.69 Å². The molecule has 0 aliphatic carbocycles. The number of nitrogens with zero attached hydrogens (tertiary/aromatic N) is 3. The summed E-state index contributed by atoms with van der Waals surface area (Å²) in [6.07, 6.45) is 2.18. The minimum atomic E-state index is -0.657. The summed E-state index contributed by atoms with van der Waals surface area (Å²) in [5, 5.41) is 8.23. The minimum Gasteiger partial charge on any atom is -0.214 e. The van der Waals surface area contributed by atoms with Gasteiger partial charge in [0.05, 0.1) is 11.9 Å². The lowest BCUT2D eigenvalue weighted by Crippen LogP contribution is -2.01. The van der Waals surface area contributed by atoms with Crippen LogP contribution in [0.4, 0.5) is 8.78 Å². The fraction of sp³-hybridized carbons (Fsp3) is 0.200. The fourth-order valence-corrected chi connectivity index (χ4v) is 1.73. The molecule has 0 amide bonds. The van der Waals surface area contributed by atoms with Crippen molar-refractivity contribution < 1.29 is 8.78 Å². The number of rotatable bonds is 3. The van der Waals surface area contributed by atoms with E-state index in [1.165, 1.54) is 24.4 Å². The molecule has 6 heteroatoms. The third-order valence-corrected chi connectivity index (χ3v) is 2.45. The van der Waals surface area contributed by atoms with E-state index in [2.05, 4.69) is 26.2 Å². The van der Waals surface area contributed by atoms with Gasteiger partial charge in [-0.1, -0.05) is 27.2 Å². The van der Waals surface area contributed by atoms with E-state index >= 15 is 0 Å². The molecule has 0 unspecified atom stereocenters. The minimum absolute atomic E-state index is 0.198. The van der Waals surface area contributed by atoms with Crippen molar-refractivity contribution in [1.82, 2.24) is 15.0 Å². The number of para-hydroxylation sites is 1. The molecule has 0 spiro atoms. The summed E-state index contributed by atoms with van der Waals surface area (Å²) in [5.74, 6) is -1.31. The normalized spacial score (nSPS) is 10.7. The number of aromatic nitrogens is 3. The average molecular weight is 288 g/mol. The van der Waals surface area contributed by atoms with Crippen LogP contribution < -0.4 is 0 Å². The maximum Gasteiger partial charge on any atom is 0.151 e. The Bertz CT molecular complexity index is 478. The highest BCUT2D eigenvalue weighted by molar-refractivity contribution is 9.09. The predicted octanol–water partition coefficient (Wildman–Crippen LogP) is 2.48. The van der Waals surface area contributed by atoms with Gasteiger partial charge in [0.25, 0.3) is 0 Å². The Labute approximate surface area is 99.2 Å². The van der Waals surface area contributed by atoms with Crippen molar-refractivity contribution in [2.45, 2.75) is 6.42 Å². The first-order chi connectivity index (χ1) is 7.72. The molecule has 0 N–H and O–H groups in total. The molecule has 0 aliphatic heterocycles. The van der Waals surface area contributed by atoms with Crippen LogP contribution in [0.2, 0.25) is 0 Å². The SMILES string of the molecule is Fc1cccc(F)c1-n1cc(CCBr)nn1. The molecule has 0 radical (unpaired) electrons. The Hall–Kier alpha value is -1.30. The molecule has 0 bridgehead atoms. The molecule has 2 aromatic rings. The Kier molecular flexibility index (Phi) is 3.28. The van der Waals surface area contributed by atoms with Gasteiger partial charge in [-0.3, -0.25) is 0 Å². The maximum atomic E-state index is 13.4. The van der Waals surface area contributed by atoms with Crippen molar-refractivity contribution in [1.29, 1.82) is 0 Å². The standard InChI is InChI=1S/C10H8BrF2N3/c11-5-4-7-6-16(15-14-7)10-8(12)2-1-3-9(10)13/h1-3,6H,4-5H2. The third-order valence-electron chi connectivity index (χ3n) is 2.06. The average Bonchev–Trinajstić information content (AvgIpc) is 2.67. The first-order valence-corrected chi connectivity index (χ1v) is 5.76. The summed E-state index contributed by atoms with van der Waals surface area (Å²) in [4.78, 5) is 0. The summed E-state index contributed by atoms with van der Waals surface area (Å²) in [5.41, 5.74) is 0.482. The molecule has 0 aliphatic rings. The van der Waals surface area contributed by atoms with Crippen LogP contribution in [0.15, 0.2) is 24.4 Å². The second kappa shape index (κ2) is 4.69. The van der Waals surface area contributed by atoms with Crippen LogP contribution in [0.3, 0.4) is 0 Å². The second-order valence-electron chi connectivity index (χ2n) is 3.16. The van der Waals surface area contributed by atoms with Crippen LogP contribution in [-0.2, 0) is 6.42 Å². The van der Waals surface area contributed by atoms with E-state index in [1.54, 1.807) is 0 Å². The zero-order valence-corrected chi connectivity index (χ0v) is 9.79. The summed E-state index contributed by atoms with van der Waals surface area (Å²) in [7, 11) is 0. The van der Waals surface area contributed by atoms with E-state index in [1.807, 2.05) is 0 Å². The molecule has 1 aromatic carbocycles. The van der Waals surface area contributed by atoms with E-state index in [0.29, 0.717) is 12.1 Å². The van der Waals surface area contributed by atoms with Crippen LogP contribution in [-0.4, -0.2) is 20.3 Å². The van der Waals surface area contributed by atoms with Crippen molar-refractivity contribution in [3.63, 3.8) is 0 Å². The fourth-order valence-electron chi connectivity index (χ4n) is 1.33. The van der Waals surface area contributed by atoms with Gasteiger partial charge in [-0.25, -0.2) is 13.5 Å². The van der Waals surface area contributed by atoms with Crippen molar-refractivity contribution in [2.75, 3.05) is 5.33 Å². The second-order valence-corrected chi connectivity index (χ2v) is 3.96. The highest BCUT2D eigenvalue weighted by Gasteiger charge is 2.12. The number of aryl methyl sites for hydroxylation is 1. The van der Waals surface area contributed by atoms with Crippen LogP contribution >= 0.6 is 15.9 Å². The third kappa shape index (κ3) is 2.11. The van der Waals surface area contributed by atoms with Gasteiger partial charge in [0, 0.05) is 11.8 Å². The lowest BCUT2D eigenvalue weighted by molar-refractivity contribution is 0.556. The molecule has 0 fully saturated rings. The van der Waals surface area contributed by atoms with Gasteiger partial charge in [0.1, 0.15) is 5.69 Å². The Morgan fingerprint density at radius 1 is 1.25 bits per heavy atom. The molecule has 2 rings (SSSR count). The highest BCUT2D eigenvalue weighted by atomic mass is 79.9.